The van der Waals surface area contributed by atoms with E-state index in [1.807, 2.05) is 0 Å². The minimum Gasteiger partial charge on any atom is -0.490 e. The molecule has 1 N–H and O–H groups in total. The van der Waals surface area contributed by atoms with E-state index in [0.717, 1.165) is 0 Å². The number of carbonyl (C=O) groups excluding carboxylic acids is 2. The maximum Gasteiger partial charge on any atom is 0.233 e. The molecule has 0 unspecified atom stereocenters. The molecule has 0 radical (unpaired) electrons. The topological polar surface area (TPSA) is 55.4 Å². The Morgan fingerprint density at radius 3 is 2.89 bits per heavy atom. The third-order valence-corrected chi connectivity index (χ3v) is 3.12. The Bertz CT molecular complexity index is 511. The van der Waals surface area contributed by atoms with Gasteiger partial charge < -0.3 is 10.1 Å². The van der Waals surface area contributed by atoms with Gasteiger partial charge in [0.05, 0.1) is 17.0 Å². The van der Waals surface area contributed by atoms with Gasteiger partial charge in [-0.15, -0.1) is 11.6 Å². The first-order chi connectivity index (χ1) is 8.44. The van der Waals surface area contributed by atoms with Crippen molar-refractivity contribution in [2.45, 2.75) is 13.8 Å². The predicted octanol–water partition coefficient (Wildman–Crippen LogP) is 2.47. The van der Waals surface area contributed by atoms with Gasteiger partial charge in [-0.05, 0) is 32.0 Å². The number of ketones is 1. The van der Waals surface area contributed by atoms with Crippen LogP contribution < -0.4 is 10.1 Å². The van der Waals surface area contributed by atoms with E-state index in [9.17, 15) is 9.59 Å². The number of ether oxygens (including phenoxy) is 1. The van der Waals surface area contributed by atoms with Crippen molar-refractivity contribution in [3.8, 4) is 5.75 Å². The predicted molar refractivity (Wildman–Crippen MR) is 69.4 cm³/mol. The fraction of sp³-hybridized carbons (Fsp3) is 0.385. The quantitative estimate of drug-likeness (QED) is 0.661. The molecule has 1 amide bonds. The molecule has 18 heavy (non-hydrogen) atoms. The van der Waals surface area contributed by atoms with Crippen LogP contribution in [0.4, 0.5) is 5.69 Å². The van der Waals surface area contributed by atoms with E-state index in [-0.39, 0.29) is 17.6 Å². The molecule has 1 heterocycles. The molecule has 0 spiro atoms. The highest BCUT2D eigenvalue weighted by molar-refractivity contribution is 6.30. The van der Waals surface area contributed by atoms with Crippen molar-refractivity contribution in [2.75, 3.05) is 17.8 Å². The molecule has 96 valence electrons. The third kappa shape index (κ3) is 2.34. The smallest absolute Gasteiger partial charge is 0.233 e. The molecule has 0 saturated heterocycles. The van der Waals surface area contributed by atoms with Crippen LogP contribution in [-0.2, 0) is 4.79 Å². The lowest BCUT2D eigenvalue weighted by Gasteiger charge is -2.18. The van der Waals surface area contributed by atoms with Crippen LogP contribution in [0.2, 0.25) is 0 Å². The fourth-order valence-corrected chi connectivity index (χ4v) is 1.77. The highest BCUT2D eigenvalue weighted by atomic mass is 35.5. The zero-order valence-electron chi connectivity index (χ0n) is 10.2. The zero-order chi connectivity index (χ0) is 13.3. The number of nitrogens with one attached hydrogen (secondary N) is 1. The average Bonchev–Trinajstić information content (AvgIpc) is 2.46. The minimum atomic E-state index is -0.602. The van der Waals surface area contributed by atoms with Crippen LogP contribution in [-0.4, -0.2) is 24.2 Å². The lowest BCUT2D eigenvalue weighted by molar-refractivity contribution is -0.124. The van der Waals surface area contributed by atoms with Crippen LogP contribution in [0.25, 0.3) is 0 Å². The van der Waals surface area contributed by atoms with E-state index >= 15 is 0 Å². The van der Waals surface area contributed by atoms with Crippen molar-refractivity contribution in [1.29, 1.82) is 0 Å². The zero-order valence-corrected chi connectivity index (χ0v) is 11.0. The summed E-state index contributed by atoms with van der Waals surface area (Å²) in [5, 5.41) is 2.77. The lowest BCUT2D eigenvalue weighted by atomic mass is 9.94. The van der Waals surface area contributed by atoms with Gasteiger partial charge in [0.2, 0.25) is 5.91 Å². The number of fused-ring (bicyclic) bond motifs is 1. The second-order valence-corrected chi connectivity index (χ2v) is 5.16. The van der Waals surface area contributed by atoms with Gasteiger partial charge in [0.25, 0.3) is 0 Å². The summed E-state index contributed by atoms with van der Waals surface area (Å²) < 4.78 is 5.57. The van der Waals surface area contributed by atoms with Gasteiger partial charge in [-0.3, -0.25) is 9.59 Å². The normalized spacial score (nSPS) is 17.2. The number of rotatable bonds is 2. The summed E-state index contributed by atoms with van der Waals surface area (Å²) >= 11 is 5.51. The summed E-state index contributed by atoms with van der Waals surface area (Å²) in [7, 11) is 0. The number of Topliss-reactive ketones (excluding diaryl/α,β-unsaturated/α-hetero) is 1. The third-order valence-electron chi connectivity index (χ3n) is 2.87. The Hall–Kier alpha value is -1.55. The Balaban J connectivity index is 2.38. The van der Waals surface area contributed by atoms with Crippen molar-refractivity contribution >= 4 is 29.0 Å². The molecule has 1 aromatic carbocycles. The molecule has 1 aliphatic rings. The molecule has 5 heteroatoms. The van der Waals surface area contributed by atoms with Gasteiger partial charge in [-0.25, -0.2) is 0 Å². The molecule has 0 atom stereocenters. The maximum absolute atomic E-state index is 11.9. The van der Waals surface area contributed by atoms with Gasteiger partial charge in [0.1, 0.15) is 12.4 Å². The molecule has 0 bridgehead atoms. The number of hydrogen-bond donors (Lipinski definition) is 1. The summed E-state index contributed by atoms with van der Waals surface area (Å²) in [4.78, 5) is 23.5. The lowest BCUT2D eigenvalue weighted by Crippen LogP contribution is -2.33. The van der Waals surface area contributed by atoms with Crippen molar-refractivity contribution < 1.29 is 14.3 Å². The van der Waals surface area contributed by atoms with E-state index < -0.39 is 5.41 Å². The highest BCUT2D eigenvalue weighted by Crippen LogP contribution is 2.32. The maximum atomic E-state index is 11.9. The first-order valence-electron chi connectivity index (χ1n) is 5.61. The van der Waals surface area contributed by atoms with Crippen LogP contribution in [0.5, 0.6) is 5.75 Å². The number of hydrogen-bond acceptors (Lipinski definition) is 3. The minimum absolute atomic E-state index is 0.0842. The molecule has 0 aliphatic carbocycles. The van der Waals surface area contributed by atoms with Gasteiger partial charge in [-0.2, -0.15) is 0 Å². The molecule has 1 aliphatic heterocycles. The van der Waals surface area contributed by atoms with Gasteiger partial charge in [0, 0.05) is 5.56 Å². The molecule has 4 nitrogen and oxygen atoms in total. The number of amides is 1. The number of anilines is 1. The van der Waals surface area contributed by atoms with Crippen molar-refractivity contribution in [3.05, 3.63) is 23.8 Å². The summed E-state index contributed by atoms with van der Waals surface area (Å²) in [6.07, 6.45) is 0. The molecular weight excluding hydrogens is 254 g/mol. The Kier molecular flexibility index (Phi) is 3.30. The van der Waals surface area contributed by atoms with Crippen LogP contribution in [0.1, 0.15) is 24.2 Å². The highest BCUT2D eigenvalue weighted by Gasteiger charge is 2.32. The number of carbonyl (C=O) groups is 2. The molecule has 1 aromatic rings. The van der Waals surface area contributed by atoms with E-state index in [0.29, 0.717) is 23.6 Å². The van der Waals surface area contributed by atoms with Crippen molar-refractivity contribution in [3.63, 3.8) is 0 Å². The molecule has 0 fully saturated rings. The Morgan fingerprint density at radius 1 is 1.50 bits per heavy atom. The standard InChI is InChI=1S/C13H14ClNO3/c1-13(2)7-18-11-4-3-8(10(16)6-14)5-9(11)15-12(13)17/h3-5H,6-7H2,1-2H3,(H,15,17). The number of alkyl halides is 1. The molecule has 0 saturated carbocycles. The average molecular weight is 268 g/mol. The second-order valence-electron chi connectivity index (χ2n) is 4.89. The first-order valence-corrected chi connectivity index (χ1v) is 6.15. The summed E-state index contributed by atoms with van der Waals surface area (Å²) in [6.45, 7) is 3.91. The van der Waals surface area contributed by atoms with Crippen LogP contribution in [0.15, 0.2) is 18.2 Å². The van der Waals surface area contributed by atoms with Gasteiger partial charge in [-0.1, -0.05) is 0 Å². The van der Waals surface area contributed by atoms with E-state index in [2.05, 4.69) is 5.32 Å². The van der Waals surface area contributed by atoms with E-state index in [1.165, 1.54) is 0 Å². The Labute approximate surface area is 110 Å². The van der Waals surface area contributed by atoms with Crippen molar-refractivity contribution in [2.24, 2.45) is 5.41 Å². The summed E-state index contributed by atoms with van der Waals surface area (Å²) in [5.74, 6) is 0.174. The van der Waals surface area contributed by atoms with Crippen molar-refractivity contribution in [1.82, 2.24) is 0 Å². The van der Waals surface area contributed by atoms with Crippen LogP contribution in [0, 0.1) is 5.41 Å². The number of halogens is 1. The van der Waals surface area contributed by atoms with Crippen LogP contribution in [0.3, 0.4) is 0 Å². The van der Waals surface area contributed by atoms with Gasteiger partial charge in [0.15, 0.2) is 5.78 Å². The van der Waals surface area contributed by atoms with E-state index in [1.54, 1.807) is 32.0 Å². The molecular formula is C13H14ClNO3. The van der Waals surface area contributed by atoms with Crippen LogP contribution >= 0.6 is 11.6 Å². The summed E-state index contributed by atoms with van der Waals surface area (Å²) in [5.41, 5.74) is 0.379. The molecule has 0 aromatic heterocycles. The first kappa shape index (κ1) is 12.9. The van der Waals surface area contributed by atoms with Gasteiger partial charge >= 0.3 is 0 Å². The molecule has 2 rings (SSSR count). The second kappa shape index (κ2) is 4.61. The van der Waals surface area contributed by atoms with E-state index in [4.69, 9.17) is 16.3 Å². The summed E-state index contributed by atoms with van der Waals surface area (Å²) in [6, 6.07) is 4.92. The monoisotopic (exact) mass is 267 g/mol. The fourth-order valence-electron chi connectivity index (χ4n) is 1.62. The largest absolute Gasteiger partial charge is 0.490 e. The Morgan fingerprint density at radius 2 is 2.22 bits per heavy atom. The number of benzene rings is 1. The SMILES string of the molecule is CC1(C)COc2ccc(C(=O)CCl)cc2NC1=O.